The molecule has 5 heteroatoms. The highest BCUT2D eigenvalue weighted by atomic mass is 16.5. The van der Waals surface area contributed by atoms with Gasteiger partial charge in [-0.1, -0.05) is 27.7 Å². The Kier molecular flexibility index (Phi) is 6.02. The van der Waals surface area contributed by atoms with Gasteiger partial charge in [0.2, 0.25) is 5.91 Å². The van der Waals surface area contributed by atoms with Gasteiger partial charge >= 0.3 is 0 Å². The van der Waals surface area contributed by atoms with Gasteiger partial charge in [-0.05, 0) is 85.7 Å². The number of nitrogens with zero attached hydrogens (tertiary/aromatic N) is 1. The van der Waals surface area contributed by atoms with Gasteiger partial charge in [-0.15, -0.1) is 0 Å². The minimum Gasteiger partial charge on any atom is -0.493 e. The fourth-order valence-electron chi connectivity index (χ4n) is 7.46. The lowest BCUT2D eigenvalue weighted by Crippen LogP contribution is -2.51. The minimum absolute atomic E-state index is 0.0249. The smallest absolute Gasteiger partial charge is 0.217 e. The van der Waals surface area contributed by atoms with Crippen LogP contribution in [0.1, 0.15) is 90.3 Å². The quantitative estimate of drug-likeness (QED) is 0.694. The first-order valence-corrected chi connectivity index (χ1v) is 12.3. The monoisotopic (exact) mass is 442 g/mol. The van der Waals surface area contributed by atoms with E-state index in [1.807, 2.05) is 0 Å². The molecule has 1 unspecified atom stereocenters. The van der Waals surface area contributed by atoms with Crippen LogP contribution in [0.25, 0.3) is 0 Å². The maximum Gasteiger partial charge on any atom is 0.217 e. The number of rotatable bonds is 4. The molecule has 2 aliphatic carbocycles. The molecule has 1 amide bonds. The average Bonchev–Trinajstić information content (AvgIpc) is 2.96. The van der Waals surface area contributed by atoms with Crippen molar-refractivity contribution in [2.75, 3.05) is 27.3 Å². The predicted octanol–water partition coefficient (Wildman–Crippen LogP) is 5.22. The van der Waals surface area contributed by atoms with Crippen LogP contribution in [0, 0.1) is 10.8 Å². The van der Waals surface area contributed by atoms with Crippen molar-refractivity contribution >= 4 is 5.91 Å². The molecule has 1 heterocycles. The largest absolute Gasteiger partial charge is 0.493 e. The van der Waals surface area contributed by atoms with E-state index in [-0.39, 0.29) is 17.4 Å². The van der Waals surface area contributed by atoms with Crippen molar-refractivity contribution in [3.05, 3.63) is 23.3 Å². The Morgan fingerprint density at radius 2 is 1.53 bits per heavy atom. The second-order valence-electron chi connectivity index (χ2n) is 12.1. The van der Waals surface area contributed by atoms with Gasteiger partial charge in [-0.3, -0.25) is 4.79 Å². The first-order valence-electron chi connectivity index (χ1n) is 12.3. The third-order valence-corrected chi connectivity index (χ3v) is 8.28. The van der Waals surface area contributed by atoms with Crippen molar-refractivity contribution in [2.24, 2.45) is 10.8 Å². The third-order valence-electron chi connectivity index (χ3n) is 8.28. The number of hydrogen-bond acceptors (Lipinski definition) is 4. The van der Waals surface area contributed by atoms with Gasteiger partial charge < -0.3 is 19.7 Å². The van der Waals surface area contributed by atoms with Gasteiger partial charge in [-0.2, -0.15) is 0 Å². The van der Waals surface area contributed by atoms with Crippen molar-refractivity contribution in [1.82, 2.24) is 10.2 Å². The first kappa shape index (κ1) is 23.4. The summed E-state index contributed by atoms with van der Waals surface area (Å²) in [6.45, 7) is 13.6. The van der Waals surface area contributed by atoms with Crippen LogP contribution in [-0.4, -0.2) is 44.2 Å². The molecule has 1 N–H and O–H groups in total. The highest BCUT2D eigenvalue weighted by Crippen LogP contribution is 2.54. The molecule has 1 saturated heterocycles. The average molecular weight is 443 g/mol. The number of carbonyl (C=O) groups excluding carboxylic acids is 1. The Balaban J connectivity index is 1.59. The molecular weight excluding hydrogens is 400 g/mol. The summed E-state index contributed by atoms with van der Waals surface area (Å²) >= 11 is 0. The number of carbonyl (C=O) groups is 1. The Morgan fingerprint density at radius 1 is 0.969 bits per heavy atom. The number of amides is 1. The van der Waals surface area contributed by atoms with Crippen LogP contribution in [0.3, 0.4) is 0 Å². The Morgan fingerprint density at radius 3 is 2.06 bits per heavy atom. The van der Waals surface area contributed by atoms with E-state index in [9.17, 15) is 4.79 Å². The zero-order chi connectivity index (χ0) is 23.3. The van der Waals surface area contributed by atoms with E-state index in [1.54, 1.807) is 21.1 Å². The zero-order valence-corrected chi connectivity index (χ0v) is 21.1. The van der Waals surface area contributed by atoms with E-state index in [2.05, 4.69) is 50.0 Å². The van der Waals surface area contributed by atoms with Crippen molar-refractivity contribution in [3.8, 4) is 11.5 Å². The molecule has 2 fully saturated rings. The number of hydrogen-bond donors (Lipinski definition) is 1. The molecule has 3 aliphatic rings. The van der Waals surface area contributed by atoms with E-state index in [4.69, 9.17) is 9.47 Å². The number of benzene rings is 1. The lowest BCUT2D eigenvalue weighted by Gasteiger charge is -2.51. The van der Waals surface area contributed by atoms with Crippen LogP contribution in [0.2, 0.25) is 0 Å². The summed E-state index contributed by atoms with van der Waals surface area (Å²) in [6, 6.07) is 4.98. The molecule has 0 bridgehead atoms. The highest BCUT2D eigenvalue weighted by Gasteiger charge is 2.48. The summed E-state index contributed by atoms with van der Waals surface area (Å²) in [5.74, 6) is 1.55. The molecule has 178 valence electrons. The number of likely N-dealkylation sites (tertiary alicyclic amines) is 1. The van der Waals surface area contributed by atoms with E-state index in [0.717, 1.165) is 43.9 Å². The topological polar surface area (TPSA) is 50.8 Å². The summed E-state index contributed by atoms with van der Waals surface area (Å²) in [4.78, 5) is 14.7. The van der Waals surface area contributed by atoms with Crippen LogP contribution < -0.4 is 14.8 Å². The van der Waals surface area contributed by atoms with E-state index in [0.29, 0.717) is 16.9 Å². The van der Waals surface area contributed by atoms with Crippen LogP contribution in [0.4, 0.5) is 0 Å². The summed E-state index contributed by atoms with van der Waals surface area (Å²) in [5.41, 5.74) is 3.45. The van der Waals surface area contributed by atoms with E-state index >= 15 is 0 Å². The van der Waals surface area contributed by atoms with Crippen LogP contribution in [0.5, 0.6) is 11.5 Å². The standard InChI is InChI=1S/C27H42N2O3/c1-18(30)28-22-16-27(21-13-24(32-7)23(31-6)12-20(21)22)8-10-29(11-9-27)19-14-25(2,3)17-26(4,5)15-19/h12-13,19,22H,8-11,14-17H2,1-7H3,(H,28,30). The molecule has 0 radical (unpaired) electrons. The molecule has 1 atom stereocenters. The van der Waals surface area contributed by atoms with Crippen LogP contribution >= 0.6 is 0 Å². The van der Waals surface area contributed by atoms with Gasteiger partial charge in [0, 0.05) is 18.4 Å². The maximum atomic E-state index is 12.0. The molecule has 4 rings (SSSR count). The Labute approximate surface area is 194 Å². The summed E-state index contributed by atoms with van der Waals surface area (Å²) in [5, 5.41) is 3.21. The fourth-order valence-corrected chi connectivity index (χ4v) is 7.46. The summed E-state index contributed by atoms with van der Waals surface area (Å²) in [6.07, 6.45) is 7.11. The third kappa shape index (κ3) is 4.37. The van der Waals surface area contributed by atoms with E-state index in [1.165, 1.54) is 30.4 Å². The van der Waals surface area contributed by atoms with Gasteiger partial charge in [0.15, 0.2) is 11.5 Å². The highest BCUT2D eigenvalue weighted by molar-refractivity contribution is 5.74. The number of nitrogens with one attached hydrogen (secondary N) is 1. The maximum absolute atomic E-state index is 12.0. The zero-order valence-electron chi connectivity index (χ0n) is 21.1. The van der Waals surface area contributed by atoms with Gasteiger partial charge in [0.25, 0.3) is 0 Å². The van der Waals surface area contributed by atoms with Crippen molar-refractivity contribution in [2.45, 2.75) is 90.6 Å². The lowest BCUT2D eigenvalue weighted by molar-refractivity contribution is -0.119. The van der Waals surface area contributed by atoms with Crippen LogP contribution in [0.15, 0.2) is 12.1 Å². The molecule has 1 aliphatic heterocycles. The molecule has 1 aromatic rings. The second kappa shape index (κ2) is 8.23. The van der Waals surface area contributed by atoms with Crippen molar-refractivity contribution in [3.63, 3.8) is 0 Å². The number of ether oxygens (including phenoxy) is 2. The summed E-state index contributed by atoms with van der Waals surface area (Å²) < 4.78 is 11.2. The molecule has 0 aromatic heterocycles. The van der Waals surface area contributed by atoms with Crippen molar-refractivity contribution < 1.29 is 14.3 Å². The summed E-state index contributed by atoms with van der Waals surface area (Å²) in [7, 11) is 3.38. The van der Waals surface area contributed by atoms with Gasteiger partial charge in [0.05, 0.1) is 20.3 Å². The fraction of sp³-hybridized carbons (Fsp3) is 0.741. The molecule has 5 nitrogen and oxygen atoms in total. The van der Waals surface area contributed by atoms with Crippen molar-refractivity contribution in [1.29, 1.82) is 0 Å². The SMILES string of the molecule is COc1cc2c(cc1OC)C1(CCN(C3CC(C)(C)CC(C)(C)C3)CC1)CC2NC(C)=O. The van der Waals surface area contributed by atoms with Gasteiger partial charge in [0.1, 0.15) is 0 Å². The number of fused-ring (bicyclic) bond motifs is 2. The lowest BCUT2D eigenvalue weighted by atomic mass is 9.63. The molecule has 1 saturated carbocycles. The molecular formula is C27H42N2O3. The Hall–Kier alpha value is -1.75. The number of methoxy groups -OCH3 is 2. The Bertz CT molecular complexity index is 852. The molecule has 1 aromatic carbocycles. The first-order chi connectivity index (χ1) is 15.0. The van der Waals surface area contributed by atoms with Crippen LogP contribution in [-0.2, 0) is 10.2 Å². The van der Waals surface area contributed by atoms with E-state index < -0.39 is 0 Å². The molecule has 1 spiro atoms. The second-order valence-corrected chi connectivity index (χ2v) is 12.1. The normalized spacial score (nSPS) is 26.5. The predicted molar refractivity (Wildman–Crippen MR) is 128 cm³/mol. The van der Waals surface area contributed by atoms with Gasteiger partial charge in [-0.25, -0.2) is 0 Å². The molecule has 32 heavy (non-hydrogen) atoms. The number of piperidine rings is 1. The minimum atomic E-state index is 0.0249.